The number of carboxylic acids is 1. The van der Waals surface area contributed by atoms with E-state index in [-0.39, 0.29) is 6.79 Å². The Balaban J connectivity index is 1.58. The maximum atomic E-state index is 12.4. The average molecular weight is 369 g/mol. The fraction of sp³-hybridized carbons (Fsp3) is 0.833. The van der Waals surface area contributed by atoms with Gasteiger partial charge in [0.15, 0.2) is 6.79 Å². The van der Waals surface area contributed by atoms with Crippen LogP contribution in [0.5, 0.6) is 0 Å². The van der Waals surface area contributed by atoms with E-state index in [9.17, 15) is 19.5 Å². The van der Waals surface area contributed by atoms with Crippen LogP contribution in [0, 0.1) is 23.7 Å². The molecular weight excluding hydrogens is 342 g/mol. The summed E-state index contributed by atoms with van der Waals surface area (Å²) in [5.74, 6) is 0.281. The topological polar surface area (TPSA) is 111 Å². The SMILES string of the molecule is COCOC(=O)NC(CC(=O)OC1(C)C2CC3CC(C2)CC1C3)C(=O)O. The summed E-state index contributed by atoms with van der Waals surface area (Å²) in [6.45, 7) is 1.69. The number of amides is 1. The number of carboxylic acid groups (broad SMARTS) is 1. The van der Waals surface area contributed by atoms with E-state index < -0.39 is 36.1 Å². The zero-order valence-corrected chi connectivity index (χ0v) is 15.2. The number of carbonyl (C=O) groups excluding carboxylic acids is 2. The Bertz CT molecular complexity index is 548. The maximum Gasteiger partial charge on any atom is 0.409 e. The second-order valence-corrected chi connectivity index (χ2v) is 8.04. The number of esters is 1. The lowest BCUT2D eigenvalue weighted by molar-refractivity contribution is -0.204. The van der Waals surface area contributed by atoms with E-state index in [1.165, 1.54) is 13.5 Å². The van der Waals surface area contributed by atoms with E-state index in [4.69, 9.17) is 4.74 Å². The van der Waals surface area contributed by atoms with E-state index in [2.05, 4.69) is 14.8 Å². The molecule has 4 saturated carbocycles. The van der Waals surface area contributed by atoms with Crippen LogP contribution >= 0.6 is 0 Å². The van der Waals surface area contributed by atoms with Crippen molar-refractivity contribution < 1.29 is 33.7 Å². The molecule has 26 heavy (non-hydrogen) atoms. The first-order valence-corrected chi connectivity index (χ1v) is 9.18. The van der Waals surface area contributed by atoms with Crippen molar-refractivity contribution in [2.24, 2.45) is 23.7 Å². The molecule has 2 N–H and O–H groups in total. The maximum absolute atomic E-state index is 12.4. The highest BCUT2D eigenvalue weighted by molar-refractivity contribution is 5.85. The third kappa shape index (κ3) is 3.79. The van der Waals surface area contributed by atoms with E-state index in [1.54, 1.807) is 0 Å². The molecule has 0 saturated heterocycles. The molecule has 0 heterocycles. The van der Waals surface area contributed by atoms with Crippen molar-refractivity contribution >= 4 is 18.0 Å². The monoisotopic (exact) mass is 369 g/mol. The van der Waals surface area contributed by atoms with Crippen LogP contribution in [0.15, 0.2) is 0 Å². The average Bonchev–Trinajstić information content (AvgIpc) is 2.56. The zero-order chi connectivity index (χ0) is 18.9. The molecule has 1 amide bonds. The number of methoxy groups -OCH3 is 1. The van der Waals surface area contributed by atoms with Gasteiger partial charge in [-0.25, -0.2) is 9.59 Å². The summed E-state index contributed by atoms with van der Waals surface area (Å²) in [4.78, 5) is 35.3. The molecule has 8 nitrogen and oxygen atoms in total. The van der Waals surface area contributed by atoms with Crippen molar-refractivity contribution in [3.63, 3.8) is 0 Å². The third-order valence-electron chi connectivity index (χ3n) is 6.36. The highest BCUT2D eigenvalue weighted by Gasteiger charge is 2.57. The molecule has 0 radical (unpaired) electrons. The smallest absolute Gasteiger partial charge is 0.409 e. The van der Waals surface area contributed by atoms with Gasteiger partial charge in [0.2, 0.25) is 0 Å². The molecule has 8 heteroatoms. The molecule has 0 aromatic rings. The molecule has 0 aliphatic heterocycles. The van der Waals surface area contributed by atoms with Crippen LogP contribution in [0.25, 0.3) is 0 Å². The lowest BCUT2D eigenvalue weighted by Crippen LogP contribution is -2.58. The molecule has 0 aromatic heterocycles. The first kappa shape index (κ1) is 18.9. The van der Waals surface area contributed by atoms with Gasteiger partial charge in [0.05, 0.1) is 6.42 Å². The van der Waals surface area contributed by atoms with Crippen molar-refractivity contribution in [3.05, 3.63) is 0 Å². The summed E-state index contributed by atoms with van der Waals surface area (Å²) < 4.78 is 15.0. The van der Waals surface area contributed by atoms with Gasteiger partial charge >= 0.3 is 18.0 Å². The number of aliphatic carboxylic acids is 1. The summed E-state index contributed by atoms with van der Waals surface area (Å²) in [5, 5.41) is 11.4. The van der Waals surface area contributed by atoms with E-state index in [1.807, 2.05) is 6.92 Å². The second-order valence-electron chi connectivity index (χ2n) is 8.04. The van der Waals surface area contributed by atoms with Gasteiger partial charge in [-0.05, 0) is 62.7 Å². The Labute approximate surface area is 152 Å². The normalized spacial score (nSPS) is 35.6. The van der Waals surface area contributed by atoms with Crippen LogP contribution in [-0.2, 0) is 23.8 Å². The number of hydrogen-bond donors (Lipinski definition) is 2. The van der Waals surface area contributed by atoms with Gasteiger partial charge in [-0.15, -0.1) is 0 Å². The summed E-state index contributed by atoms with van der Waals surface area (Å²) >= 11 is 0. The zero-order valence-electron chi connectivity index (χ0n) is 15.2. The molecule has 1 atom stereocenters. The van der Waals surface area contributed by atoms with Gasteiger partial charge in [-0.1, -0.05) is 0 Å². The number of rotatable bonds is 7. The lowest BCUT2D eigenvalue weighted by atomic mass is 9.50. The number of alkyl carbamates (subject to hydrolysis) is 1. The Morgan fingerprint density at radius 1 is 1.12 bits per heavy atom. The van der Waals surface area contributed by atoms with Gasteiger partial charge < -0.3 is 24.6 Å². The fourth-order valence-electron chi connectivity index (χ4n) is 5.24. The van der Waals surface area contributed by atoms with E-state index in [0.717, 1.165) is 37.5 Å². The van der Waals surface area contributed by atoms with Gasteiger partial charge in [0.25, 0.3) is 0 Å². The number of ether oxygens (including phenoxy) is 3. The van der Waals surface area contributed by atoms with Gasteiger partial charge in [0.1, 0.15) is 11.6 Å². The van der Waals surface area contributed by atoms with Gasteiger partial charge in [-0.2, -0.15) is 0 Å². The van der Waals surface area contributed by atoms with Crippen LogP contribution in [0.2, 0.25) is 0 Å². The molecule has 4 fully saturated rings. The molecule has 146 valence electrons. The minimum absolute atomic E-state index is 0.299. The molecule has 1 unspecified atom stereocenters. The van der Waals surface area contributed by atoms with Crippen LogP contribution in [0.4, 0.5) is 4.79 Å². The summed E-state index contributed by atoms with van der Waals surface area (Å²) in [6.07, 6.45) is 4.25. The van der Waals surface area contributed by atoms with E-state index in [0.29, 0.717) is 11.8 Å². The predicted octanol–water partition coefficient (Wildman–Crippen LogP) is 1.92. The standard InChI is InChI=1S/C18H27NO7/c1-18(12-4-10-3-11(6-12)7-13(18)5-10)26-15(20)8-14(16(21)22)19-17(23)25-9-24-2/h10-14H,3-9H2,1-2H3,(H,19,23)(H,21,22). The Hall–Kier alpha value is -1.83. The molecule has 0 spiro atoms. The second kappa shape index (κ2) is 7.42. The highest BCUT2D eigenvalue weighted by Crippen LogP contribution is 2.59. The minimum atomic E-state index is -1.40. The van der Waals surface area contributed by atoms with Crippen molar-refractivity contribution in [3.8, 4) is 0 Å². The Morgan fingerprint density at radius 3 is 2.19 bits per heavy atom. The molecular formula is C18H27NO7. The Morgan fingerprint density at radius 2 is 1.69 bits per heavy atom. The summed E-state index contributed by atoms with van der Waals surface area (Å²) in [6, 6.07) is -1.40. The minimum Gasteiger partial charge on any atom is -0.480 e. The highest BCUT2D eigenvalue weighted by atomic mass is 16.7. The largest absolute Gasteiger partial charge is 0.480 e. The van der Waals surface area contributed by atoms with Crippen molar-refractivity contribution in [2.45, 2.75) is 57.1 Å². The molecule has 0 aromatic carbocycles. The van der Waals surface area contributed by atoms with Gasteiger partial charge in [-0.3, -0.25) is 4.79 Å². The molecule has 4 aliphatic carbocycles. The quantitative estimate of drug-likeness (QED) is 0.521. The van der Waals surface area contributed by atoms with Crippen molar-refractivity contribution in [1.82, 2.24) is 5.32 Å². The summed E-state index contributed by atoms with van der Waals surface area (Å²) in [7, 11) is 1.34. The fourth-order valence-corrected chi connectivity index (χ4v) is 5.24. The number of carbonyl (C=O) groups is 3. The number of hydrogen-bond acceptors (Lipinski definition) is 6. The van der Waals surface area contributed by atoms with E-state index >= 15 is 0 Å². The molecule has 4 rings (SSSR count). The van der Waals surface area contributed by atoms with Crippen LogP contribution in [-0.4, -0.2) is 48.7 Å². The first-order chi connectivity index (χ1) is 12.3. The van der Waals surface area contributed by atoms with Gasteiger partial charge in [0, 0.05) is 7.11 Å². The van der Waals surface area contributed by atoms with Crippen molar-refractivity contribution in [1.29, 1.82) is 0 Å². The Kier molecular flexibility index (Phi) is 5.41. The first-order valence-electron chi connectivity index (χ1n) is 9.18. The molecule has 4 aliphatic rings. The number of nitrogens with one attached hydrogen (secondary N) is 1. The van der Waals surface area contributed by atoms with Crippen LogP contribution in [0.3, 0.4) is 0 Å². The predicted molar refractivity (Wildman–Crippen MR) is 89.1 cm³/mol. The van der Waals surface area contributed by atoms with Crippen molar-refractivity contribution in [2.75, 3.05) is 13.9 Å². The third-order valence-corrected chi connectivity index (χ3v) is 6.36. The van der Waals surface area contributed by atoms with Crippen LogP contribution < -0.4 is 5.32 Å². The summed E-state index contributed by atoms with van der Waals surface area (Å²) in [5.41, 5.74) is -0.524. The lowest BCUT2D eigenvalue weighted by Gasteiger charge is -2.59. The van der Waals surface area contributed by atoms with Crippen LogP contribution in [0.1, 0.15) is 45.4 Å². The molecule has 4 bridgehead atoms.